The van der Waals surface area contributed by atoms with Gasteiger partial charge in [-0.05, 0) is 18.6 Å². The van der Waals surface area contributed by atoms with Gasteiger partial charge in [-0.1, -0.05) is 122 Å². The van der Waals surface area contributed by atoms with Gasteiger partial charge in [-0.15, -0.1) is 11.8 Å². The Kier molecular flexibility index (Phi) is 13.3. The maximum atomic E-state index is 2.39. The van der Waals surface area contributed by atoms with Gasteiger partial charge in [-0.2, -0.15) is 0 Å². The Balaban J connectivity index is 1.89. The second kappa shape index (κ2) is 14.7. The number of unbranched alkanes of at least 4 members (excludes halogenated alkanes) is 12. The third-order valence-electron chi connectivity index (χ3n) is 5.02. The van der Waals surface area contributed by atoms with Crippen LogP contribution in [0.3, 0.4) is 0 Å². The molecule has 0 N–H and O–H groups in total. The topological polar surface area (TPSA) is 0 Å². The number of hydrogen-bond donors (Lipinski definition) is 0. The molecule has 1 aromatic rings. The highest BCUT2D eigenvalue weighted by atomic mass is 32.2. The normalized spacial score (nSPS) is 11.8. The molecular formula is C24H42S. The SMILES string of the molecule is CCCCCCCCCCCCCCCC(C)(C)Sc1ccccc1. The molecule has 0 saturated heterocycles. The van der Waals surface area contributed by atoms with E-state index in [0.717, 1.165) is 0 Å². The van der Waals surface area contributed by atoms with Crippen molar-refractivity contribution in [1.82, 2.24) is 0 Å². The van der Waals surface area contributed by atoms with E-state index in [0.29, 0.717) is 4.75 Å². The molecule has 0 amide bonds. The smallest absolute Gasteiger partial charge is 0.0150 e. The molecule has 1 aromatic carbocycles. The van der Waals surface area contributed by atoms with E-state index >= 15 is 0 Å². The lowest BCUT2D eigenvalue weighted by Crippen LogP contribution is -2.13. The van der Waals surface area contributed by atoms with Crippen LogP contribution in [-0.2, 0) is 0 Å². The molecule has 0 aliphatic rings. The van der Waals surface area contributed by atoms with Crippen LogP contribution in [0.4, 0.5) is 0 Å². The molecule has 0 aliphatic carbocycles. The number of thioether (sulfide) groups is 1. The fourth-order valence-electron chi connectivity index (χ4n) is 3.43. The first-order chi connectivity index (χ1) is 12.1. The van der Waals surface area contributed by atoms with Gasteiger partial charge in [0.15, 0.2) is 0 Å². The summed E-state index contributed by atoms with van der Waals surface area (Å²) < 4.78 is 0.360. The zero-order valence-corrected chi connectivity index (χ0v) is 18.0. The Morgan fingerprint density at radius 1 is 0.640 bits per heavy atom. The molecule has 0 aliphatic heterocycles. The highest BCUT2D eigenvalue weighted by molar-refractivity contribution is 8.00. The van der Waals surface area contributed by atoms with Gasteiger partial charge in [0.25, 0.3) is 0 Å². The molecule has 0 radical (unpaired) electrons. The first-order valence-electron chi connectivity index (χ1n) is 10.9. The summed E-state index contributed by atoms with van der Waals surface area (Å²) in [6.45, 7) is 7.08. The molecule has 1 rings (SSSR count). The zero-order valence-electron chi connectivity index (χ0n) is 17.2. The Labute approximate surface area is 162 Å². The first-order valence-corrected chi connectivity index (χ1v) is 11.7. The van der Waals surface area contributed by atoms with Crippen molar-refractivity contribution in [3.63, 3.8) is 0 Å². The summed E-state index contributed by atoms with van der Waals surface area (Å²) in [5.41, 5.74) is 0. The summed E-state index contributed by atoms with van der Waals surface area (Å²) in [5, 5.41) is 0. The molecule has 0 spiro atoms. The molecule has 0 saturated carbocycles. The van der Waals surface area contributed by atoms with E-state index in [2.05, 4.69) is 51.1 Å². The van der Waals surface area contributed by atoms with Crippen LogP contribution in [0.5, 0.6) is 0 Å². The largest absolute Gasteiger partial charge is 0.120 e. The van der Waals surface area contributed by atoms with Gasteiger partial charge in [0, 0.05) is 9.64 Å². The van der Waals surface area contributed by atoms with E-state index < -0.39 is 0 Å². The van der Waals surface area contributed by atoms with Crippen molar-refractivity contribution in [1.29, 1.82) is 0 Å². The van der Waals surface area contributed by atoms with E-state index in [1.54, 1.807) is 0 Å². The molecule has 0 fully saturated rings. The number of benzene rings is 1. The highest BCUT2D eigenvalue weighted by Crippen LogP contribution is 2.36. The summed E-state index contributed by atoms with van der Waals surface area (Å²) >= 11 is 2.03. The molecule has 0 aromatic heterocycles. The van der Waals surface area contributed by atoms with Gasteiger partial charge < -0.3 is 0 Å². The molecule has 0 unspecified atom stereocenters. The summed E-state index contributed by atoms with van der Waals surface area (Å²) in [5.74, 6) is 0. The standard InChI is InChI=1S/C24H42S/c1-4-5-6-7-8-9-10-11-12-13-14-15-19-22-24(2,3)25-23-20-17-16-18-21-23/h16-18,20-21H,4-15,19,22H2,1-3H3. The fraction of sp³-hybridized carbons (Fsp3) is 0.750. The summed E-state index contributed by atoms with van der Waals surface area (Å²) in [4.78, 5) is 1.40. The van der Waals surface area contributed by atoms with Gasteiger partial charge in [0.05, 0.1) is 0 Å². The first kappa shape index (κ1) is 22.6. The maximum absolute atomic E-state index is 2.39. The predicted octanol–water partition coefficient (Wildman–Crippen LogP) is 9.04. The van der Waals surface area contributed by atoms with Crippen LogP contribution in [0, 0.1) is 0 Å². The van der Waals surface area contributed by atoms with Gasteiger partial charge in [0.1, 0.15) is 0 Å². The lowest BCUT2D eigenvalue weighted by atomic mass is 10.0. The fourth-order valence-corrected chi connectivity index (χ4v) is 4.60. The minimum atomic E-state index is 0.360. The van der Waals surface area contributed by atoms with Gasteiger partial charge in [-0.3, -0.25) is 0 Å². The molecule has 0 heterocycles. The lowest BCUT2D eigenvalue weighted by molar-refractivity contribution is 0.520. The average Bonchev–Trinajstić information content (AvgIpc) is 2.59. The van der Waals surface area contributed by atoms with Gasteiger partial charge >= 0.3 is 0 Å². The molecular weight excluding hydrogens is 320 g/mol. The number of rotatable bonds is 16. The molecule has 0 atom stereocenters. The molecule has 0 bridgehead atoms. The number of hydrogen-bond acceptors (Lipinski definition) is 1. The Morgan fingerprint density at radius 2 is 1.08 bits per heavy atom. The van der Waals surface area contributed by atoms with Crippen LogP contribution < -0.4 is 0 Å². The van der Waals surface area contributed by atoms with E-state index in [4.69, 9.17) is 0 Å². The quantitative estimate of drug-likeness (QED) is 0.209. The molecule has 1 heteroatoms. The zero-order chi connectivity index (χ0) is 18.2. The van der Waals surface area contributed by atoms with Crippen molar-refractivity contribution in [3.05, 3.63) is 30.3 Å². The molecule has 25 heavy (non-hydrogen) atoms. The second-order valence-corrected chi connectivity index (χ2v) is 9.95. The summed E-state index contributed by atoms with van der Waals surface area (Å²) in [6.07, 6.45) is 20.0. The third-order valence-corrected chi connectivity index (χ3v) is 6.28. The lowest BCUT2D eigenvalue weighted by Gasteiger charge is -2.24. The van der Waals surface area contributed by atoms with Crippen LogP contribution >= 0.6 is 11.8 Å². The second-order valence-electron chi connectivity index (χ2n) is 8.17. The van der Waals surface area contributed by atoms with Gasteiger partial charge in [0.2, 0.25) is 0 Å². The monoisotopic (exact) mass is 362 g/mol. The molecule has 0 nitrogen and oxygen atoms in total. The van der Waals surface area contributed by atoms with Crippen molar-refractivity contribution >= 4 is 11.8 Å². The van der Waals surface area contributed by atoms with Gasteiger partial charge in [-0.25, -0.2) is 0 Å². The Hall–Kier alpha value is -0.430. The van der Waals surface area contributed by atoms with Crippen LogP contribution in [-0.4, -0.2) is 4.75 Å². The van der Waals surface area contributed by atoms with Crippen molar-refractivity contribution in [3.8, 4) is 0 Å². The highest BCUT2D eigenvalue weighted by Gasteiger charge is 2.18. The minimum Gasteiger partial charge on any atom is -0.120 e. The summed E-state index contributed by atoms with van der Waals surface area (Å²) in [7, 11) is 0. The minimum absolute atomic E-state index is 0.360. The van der Waals surface area contributed by atoms with E-state index in [9.17, 15) is 0 Å². The predicted molar refractivity (Wildman–Crippen MR) is 117 cm³/mol. The Morgan fingerprint density at radius 3 is 1.56 bits per heavy atom. The van der Waals surface area contributed by atoms with E-state index in [1.165, 1.54) is 94.8 Å². The van der Waals surface area contributed by atoms with Crippen molar-refractivity contribution in [2.75, 3.05) is 0 Å². The van der Waals surface area contributed by atoms with Crippen LogP contribution in [0.25, 0.3) is 0 Å². The maximum Gasteiger partial charge on any atom is 0.0150 e. The van der Waals surface area contributed by atoms with Crippen molar-refractivity contribution < 1.29 is 0 Å². The average molecular weight is 363 g/mol. The summed E-state index contributed by atoms with van der Waals surface area (Å²) in [6, 6.07) is 10.9. The molecule has 144 valence electrons. The van der Waals surface area contributed by atoms with E-state index in [1.807, 2.05) is 11.8 Å². The van der Waals surface area contributed by atoms with E-state index in [-0.39, 0.29) is 0 Å². The third kappa shape index (κ3) is 13.4. The Bertz CT molecular complexity index is 396. The van der Waals surface area contributed by atoms with Crippen molar-refractivity contribution in [2.45, 2.75) is 120 Å². The van der Waals surface area contributed by atoms with Crippen molar-refractivity contribution in [2.24, 2.45) is 0 Å². The van der Waals surface area contributed by atoms with Crippen LogP contribution in [0.2, 0.25) is 0 Å². The van der Waals surface area contributed by atoms with Crippen LogP contribution in [0.15, 0.2) is 35.2 Å². The van der Waals surface area contributed by atoms with Crippen LogP contribution in [0.1, 0.15) is 111 Å².